The lowest BCUT2D eigenvalue weighted by molar-refractivity contribution is -0.350. The SMILES string of the molecule is C=C1CC[C@H]2C(C(=O)OC)=COC(OC3OC(COC4OC(C)C(O)C(O)C4O)C(O)C(O)C3O)[C@H]12. The van der Waals surface area contributed by atoms with Crippen molar-refractivity contribution in [2.24, 2.45) is 11.8 Å². The first-order valence-corrected chi connectivity index (χ1v) is 11.8. The van der Waals surface area contributed by atoms with Crippen molar-refractivity contribution in [3.63, 3.8) is 0 Å². The highest BCUT2D eigenvalue weighted by Gasteiger charge is 2.51. The number of hydrogen-bond donors (Lipinski definition) is 6. The summed E-state index contributed by atoms with van der Waals surface area (Å²) in [5, 5.41) is 61.2. The molecule has 1 saturated carbocycles. The van der Waals surface area contributed by atoms with Crippen molar-refractivity contribution in [1.29, 1.82) is 0 Å². The highest BCUT2D eigenvalue weighted by molar-refractivity contribution is 5.89. The third-order valence-corrected chi connectivity index (χ3v) is 7.29. The number of aliphatic hydroxyl groups is 6. The Morgan fingerprint density at radius 3 is 2.33 bits per heavy atom. The Morgan fingerprint density at radius 2 is 1.64 bits per heavy atom. The van der Waals surface area contributed by atoms with Crippen LogP contribution in [0.15, 0.2) is 24.0 Å². The predicted octanol–water partition coefficient (Wildman–Crippen LogP) is -2.35. The number of esters is 1. The summed E-state index contributed by atoms with van der Waals surface area (Å²) in [6.07, 6.45) is -12.7. The molecule has 0 bridgehead atoms. The Morgan fingerprint density at radius 1 is 0.972 bits per heavy atom. The summed E-state index contributed by atoms with van der Waals surface area (Å²) in [6, 6.07) is 0. The van der Waals surface area contributed by atoms with E-state index in [0.717, 1.165) is 5.57 Å². The summed E-state index contributed by atoms with van der Waals surface area (Å²) in [5.74, 6) is -1.23. The van der Waals surface area contributed by atoms with Crippen molar-refractivity contribution in [1.82, 2.24) is 0 Å². The monoisotopic (exact) mass is 518 g/mol. The van der Waals surface area contributed by atoms with Crippen molar-refractivity contribution >= 4 is 5.97 Å². The number of carbonyl (C=O) groups excluding carboxylic acids is 1. The van der Waals surface area contributed by atoms with Gasteiger partial charge in [0, 0.05) is 11.8 Å². The van der Waals surface area contributed by atoms with Gasteiger partial charge in [0.05, 0.1) is 31.7 Å². The topological polar surface area (TPSA) is 194 Å². The van der Waals surface area contributed by atoms with Gasteiger partial charge in [0.2, 0.25) is 6.29 Å². The molecular weight excluding hydrogens is 484 g/mol. The normalized spacial score (nSPS) is 47.1. The zero-order valence-electron chi connectivity index (χ0n) is 20.0. The summed E-state index contributed by atoms with van der Waals surface area (Å²) in [5.41, 5.74) is 1.13. The molecule has 13 heteroatoms. The van der Waals surface area contributed by atoms with Gasteiger partial charge in [-0.2, -0.15) is 0 Å². The van der Waals surface area contributed by atoms with Crippen molar-refractivity contribution in [2.45, 2.75) is 87.5 Å². The molecule has 2 saturated heterocycles. The third-order valence-electron chi connectivity index (χ3n) is 7.29. The van der Waals surface area contributed by atoms with Crippen LogP contribution in [0, 0.1) is 11.8 Å². The van der Waals surface area contributed by atoms with Crippen LogP contribution < -0.4 is 0 Å². The molecule has 3 heterocycles. The molecule has 13 nitrogen and oxygen atoms in total. The Kier molecular flexibility index (Phi) is 8.36. The summed E-state index contributed by atoms with van der Waals surface area (Å²) < 4.78 is 32.8. The molecule has 0 aromatic heterocycles. The molecule has 0 aromatic carbocycles. The lowest BCUT2D eigenvalue weighted by Gasteiger charge is -2.44. The molecule has 0 radical (unpaired) electrons. The van der Waals surface area contributed by atoms with Gasteiger partial charge in [0.25, 0.3) is 0 Å². The molecule has 0 amide bonds. The van der Waals surface area contributed by atoms with Gasteiger partial charge in [-0.1, -0.05) is 12.2 Å². The Bertz CT molecular complexity index is 848. The molecular formula is C23H34O13. The van der Waals surface area contributed by atoms with E-state index in [9.17, 15) is 35.4 Å². The standard InChI is InChI=1S/C23H34O13/c1-8-4-5-10-11(20(30)31-3)6-32-21(13(8)10)36-23-19(29)17(27)15(25)12(35-23)7-33-22-18(28)16(26)14(24)9(2)34-22/h6,9-10,12-19,21-29H,1,4-5,7H2,2-3H3/t9?,10-,12?,13+,14?,15?,16?,17?,18?,19?,21?,22?,23?/m0/s1. The van der Waals surface area contributed by atoms with E-state index in [0.29, 0.717) is 18.4 Å². The van der Waals surface area contributed by atoms with E-state index in [2.05, 4.69) is 6.58 Å². The van der Waals surface area contributed by atoms with Crippen LogP contribution >= 0.6 is 0 Å². The fraction of sp³-hybridized carbons (Fsp3) is 0.783. The molecule has 204 valence electrons. The minimum atomic E-state index is -1.67. The lowest BCUT2D eigenvalue weighted by Crippen LogP contribution is -2.61. The molecule has 11 unspecified atom stereocenters. The van der Waals surface area contributed by atoms with E-state index >= 15 is 0 Å². The van der Waals surface area contributed by atoms with Crippen LogP contribution in [0.2, 0.25) is 0 Å². The van der Waals surface area contributed by atoms with Crippen molar-refractivity contribution in [2.75, 3.05) is 13.7 Å². The maximum absolute atomic E-state index is 12.1. The number of ether oxygens (including phenoxy) is 6. The molecule has 3 fully saturated rings. The number of aliphatic hydroxyl groups excluding tert-OH is 6. The Hall–Kier alpha value is -1.65. The van der Waals surface area contributed by atoms with E-state index in [-0.39, 0.29) is 5.92 Å². The number of fused-ring (bicyclic) bond motifs is 1. The third kappa shape index (κ3) is 5.05. The van der Waals surface area contributed by atoms with Gasteiger partial charge in [-0.25, -0.2) is 4.79 Å². The van der Waals surface area contributed by atoms with Gasteiger partial charge in [-0.15, -0.1) is 0 Å². The van der Waals surface area contributed by atoms with Gasteiger partial charge in [-0.3, -0.25) is 0 Å². The van der Waals surface area contributed by atoms with Crippen LogP contribution in [0.4, 0.5) is 0 Å². The summed E-state index contributed by atoms with van der Waals surface area (Å²) in [7, 11) is 1.27. The van der Waals surface area contributed by atoms with Gasteiger partial charge in [-0.05, 0) is 19.8 Å². The van der Waals surface area contributed by atoms with Crippen LogP contribution in [-0.4, -0.2) is 118 Å². The molecule has 36 heavy (non-hydrogen) atoms. The minimum absolute atomic E-state index is 0.271. The Labute approximate surface area is 207 Å². The minimum Gasteiger partial charge on any atom is -0.471 e. The molecule has 1 aliphatic carbocycles. The zero-order chi connectivity index (χ0) is 26.3. The number of hydrogen-bond acceptors (Lipinski definition) is 13. The lowest BCUT2D eigenvalue weighted by atomic mass is 9.85. The second-order valence-electron chi connectivity index (χ2n) is 9.56. The van der Waals surface area contributed by atoms with Crippen LogP contribution in [0.3, 0.4) is 0 Å². The van der Waals surface area contributed by atoms with E-state index in [1.165, 1.54) is 20.3 Å². The average molecular weight is 519 g/mol. The molecule has 3 aliphatic heterocycles. The largest absolute Gasteiger partial charge is 0.471 e. The van der Waals surface area contributed by atoms with Gasteiger partial charge in [0.1, 0.15) is 42.7 Å². The van der Waals surface area contributed by atoms with Crippen molar-refractivity contribution in [3.8, 4) is 0 Å². The highest BCUT2D eigenvalue weighted by Crippen LogP contribution is 2.46. The second kappa shape index (κ2) is 11.0. The fourth-order valence-corrected chi connectivity index (χ4v) is 5.09. The molecule has 4 rings (SSSR count). The average Bonchev–Trinajstić information content (AvgIpc) is 3.26. The zero-order valence-corrected chi connectivity index (χ0v) is 20.0. The molecule has 6 N–H and O–H groups in total. The smallest absolute Gasteiger partial charge is 0.337 e. The summed E-state index contributed by atoms with van der Waals surface area (Å²) in [4.78, 5) is 12.1. The number of methoxy groups -OCH3 is 1. The Balaban J connectivity index is 1.43. The number of carbonyl (C=O) groups is 1. The van der Waals surface area contributed by atoms with E-state index in [4.69, 9.17) is 28.4 Å². The molecule has 4 aliphatic rings. The maximum Gasteiger partial charge on any atom is 0.337 e. The van der Waals surface area contributed by atoms with Gasteiger partial charge >= 0.3 is 5.97 Å². The van der Waals surface area contributed by atoms with Gasteiger partial charge in [0.15, 0.2) is 12.6 Å². The quantitative estimate of drug-likeness (QED) is 0.162. The molecule has 0 aromatic rings. The van der Waals surface area contributed by atoms with Gasteiger partial charge < -0.3 is 59.1 Å². The highest BCUT2D eigenvalue weighted by atomic mass is 16.8. The first kappa shape index (κ1) is 27.4. The fourth-order valence-electron chi connectivity index (χ4n) is 5.09. The van der Waals surface area contributed by atoms with E-state index in [1.807, 2.05) is 0 Å². The summed E-state index contributed by atoms with van der Waals surface area (Å²) in [6.45, 7) is 5.11. The van der Waals surface area contributed by atoms with Crippen molar-refractivity contribution < 1.29 is 63.9 Å². The van der Waals surface area contributed by atoms with Crippen LogP contribution in [0.25, 0.3) is 0 Å². The summed E-state index contributed by atoms with van der Waals surface area (Å²) >= 11 is 0. The van der Waals surface area contributed by atoms with E-state index < -0.39 is 86.2 Å². The van der Waals surface area contributed by atoms with Crippen LogP contribution in [0.1, 0.15) is 19.8 Å². The number of rotatable bonds is 6. The molecule has 0 spiro atoms. The maximum atomic E-state index is 12.1. The predicted molar refractivity (Wildman–Crippen MR) is 116 cm³/mol. The van der Waals surface area contributed by atoms with Crippen LogP contribution in [0.5, 0.6) is 0 Å². The first-order valence-electron chi connectivity index (χ1n) is 11.8. The van der Waals surface area contributed by atoms with E-state index in [1.54, 1.807) is 0 Å². The first-order chi connectivity index (χ1) is 17.0. The second-order valence-corrected chi connectivity index (χ2v) is 9.56. The van der Waals surface area contributed by atoms with Crippen molar-refractivity contribution in [3.05, 3.63) is 24.0 Å². The van der Waals surface area contributed by atoms with Crippen LogP contribution in [-0.2, 0) is 33.2 Å². The molecule has 13 atom stereocenters.